The summed E-state index contributed by atoms with van der Waals surface area (Å²) in [7, 11) is 1.46. The first-order valence-corrected chi connectivity index (χ1v) is 12.1. The Morgan fingerprint density at radius 3 is 2.57 bits per heavy atom. The average molecular weight is 643 g/mol. The Balaban J connectivity index is 1.62. The predicted molar refractivity (Wildman–Crippen MR) is 126 cm³/mol. The van der Waals surface area contributed by atoms with Crippen molar-refractivity contribution < 1.29 is 41.8 Å². The average Bonchev–Trinajstić information content (AvgIpc) is 3.25. The molecule has 3 heterocycles. The minimum absolute atomic E-state index is 0.0779. The number of benzene rings is 1. The molecule has 2 saturated heterocycles. The first kappa shape index (κ1) is 27.5. The second-order valence-electron chi connectivity index (χ2n) is 8.27. The molecule has 202 valence electrons. The van der Waals surface area contributed by atoms with Crippen LogP contribution in [0.15, 0.2) is 21.9 Å². The third kappa shape index (κ3) is 5.52. The van der Waals surface area contributed by atoms with Crippen LogP contribution in [0.2, 0.25) is 0 Å². The van der Waals surface area contributed by atoms with Gasteiger partial charge in [-0.05, 0) is 22.6 Å². The molecule has 0 radical (unpaired) electrons. The molecule has 16 heteroatoms. The highest BCUT2D eigenvalue weighted by atomic mass is 127. The van der Waals surface area contributed by atoms with Gasteiger partial charge in [0.05, 0.1) is 24.2 Å². The van der Waals surface area contributed by atoms with Crippen LogP contribution >= 0.6 is 22.6 Å². The monoisotopic (exact) mass is 643 g/mol. The van der Waals surface area contributed by atoms with Crippen molar-refractivity contribution in [2.75, 3.05) is 26.9 Å². The number of ether oxygens (including phenoxy) is 5. The van der Waals surface area contributed by atoms with Crippen molar-refractivity contribution in [2.24, 2.45) is 0 Å². The summed E-state index contributed by atoms with van der Waals surface area (Å²) in [4.78, 5) is 35.4. The Hall–Kier alpha value is -2.54. The van der Waals surface area contributed by atoms with E-state index in [1.807, 2.05) is 0 Å². The van der Waals surface area contributed by atoms with Crippen LogP contribution in [-0.4, -0.2) is 59.4 Å². The van der Waals surface area contributed by atoms with E-state index < -0.39 is 79.5 Å². The van der Waals surface area contributed by atoms with Gasteiger partial charge in [-0.15, -0.1) is 0 Å². The molecule has 2 aromatic rings. The second kappa shape index (κ2) is 11.1. The number of hydrogen-bond donors (Lipinski definition) is 1. The SMILES string of the molecule is COC1(OC2C[C@H](n3ccc(=O)[nH]c3=O)O[C@@H]2COc2c(F)c(F)c([N+](=O)[O-])c(F)c2I)CCOCC1. The van der Waals surface area contributed by atoms with Crippen LogP contribution in [0.3, 0.4) is 0 Å². The Bertz CT molecular complexity index is 1270. The lowest BCUT2D eigenvalue weighted by Crippen LogP contribution is -2.46. The molecule has 0 amide bonds. The molecule has 0 aliphatic carbocycles. The van der Waals surface area contributed by atoms with E-state index in [2.05, 4.69) is 4.98 Å². The van der Waals surface area contributed by atoms with Gasteiger partial charge in [0.2, 0.25) is 17.5 Å². The molecule has 1 aromatic heterocycles. The van der Waals surface area contributed by atoms with Crippen molar-refractivity contribution in [2.45, 2.75) is 43.5 Å². The Morgan fingerprint density at radius 1 is 1.24 bits per heavy atom. The standard InChI is InChI=1S/C21H21F3IN3O9/c1-33-21(3-6-34-7-4-21)37-10-8-13(27-5-2-12(29)26-20(27)30)36-11(10)9-35-19-15(23)14(22)18(28(31)32)16(24)17(19)25/h2,5,10-11,13H,3-4,6-9H2,1H3,(H,26,29,30)/t10?,11-,13-/m1/s1. The Kier molecular flexibility index (Phi) is 8.22. The molecule has 2 fully saturated rings. The van der Waals surface area contributed by atoms with Gasteiger partial charge in [0.25, 0.3) is 5.56 Å². The lowest BCUT2D eigenvalue weighted by molar-refractivity contribution is -0.390. The van der Waals surface area contributed by atoms with E-state index in [0.717, 1.165) is 10.6 Å². The molecule has 3 atom stereocenters. The summed E-state index contributed by atoms with van der Waals surface area (Å²) < 4.78 is 72.2. The quantitative estimate of drug-likeness (QED) is 0.151. The zero-order valence-corrected chi connectivity index (χ0v) is 21.4. The first-order chi connectivity index (χ1) is 17.6. The Morgan fingerprint density at radius 2 is 1.95 bits per heavy atom. The van der Waals surface area contributed by atoms with Gasteiger partial charge >= 0.3 is 11.4 Å². The fourth-order valence-electron chi connectivity index (χ4n) is 4.18. The van der Waals surface area contributed by atoms with Crippen molar-refractivity contribution in [3.63, 3.8) is 0 Å². The number of nitro groups is 1. The summed E-state index contributed by atoms with van der Waals surface area (Å²) in [5, 5.41) is 10.9. The highest BCUT2D eigenvalue weighted by molar-refractivity contribution is 14.1. The van der Waals surface area contributed by atoms with Gasteiger partial charge in [-0.3, -0.25) is 24.5 Å². The fourth-order valence-corrected chi connectivity index (χ4v) is 4.83. The largest absolute Gasteiger partial charge is 0.486 e. The van der Waals surface area contributed by atoms with E-state index in [9.17, 15) is 32.9 Å². The molecule has 1 aromatic carbocycles. The number of aromatic nitrogens is 2. The third-order valence-electron chi connectivity index (χ3n) is 6.11. The van der Waals surface area contributed by atoms with E-state index in [0.29, 0.717) is 26.1 Å². The molecular weight excluding hydrogens is 622 g/mol. The van der Waals surface area contributed by atoms with Crippen LogP contribution in [0.1, 0.15) is 25.5 Å². The van der Waals surface area contributed by atoms with Crippen molar-refractivity contribution in [1.82, 2.24) is 9.55 Å². The minimum Gasteiger partial charge on any atom is -0.486 e. The summed E-state index contributed by atoms with van der Waals surface area (Å²) in [6.07, 6.45) is -0.689. The molecule has 1 unspecified atom stereocenters. The fraction of sp³-hybridized carbons (Fsp3) is 0.524. The molecular formula is C21H21F3IN3O9. The number of halogens is 4. The van der Waals surface area contributed by atoms with Gasteiger partial charge in [-0.25, -0.2) is 4.79 Å². The molecule has 12 nitrogen and oxygen atoms in total. The molecule has 1 N–H and O–H groups in total. The van der Waals surface area contributed by atoms with Crippen LogP contribution in [0.25, 0.3) is 0 Å². The number of nitro benzene ring substituents is 1. The summed E-state index contributed by atoms with van der Waals surface area (Å²) in [6, 6.07) is 1.12. The van der Waals surface area contributed by atoms with Crippen molar-refractivity contribution in [3.8, 4) is 5.75 Å². The van der Waals surface area contributed by atoms with Crippen molar-refractivity contribution in [1.29, 1.82) is 0 Å². The second-order valence-corrected chi connectivity index (χ2v) is 9.35. The van der Waals surface area contributed by atoms with E-state index in [1.54, 1.807) is 0 Å². The Labute approximate surface area is 219 Å². The lowest BCUT2D eigenvalue weighted by Gasteiger charge is -2.38. The van der Waals surface area contributed by atoms with Gasteiger partial charge in [0.15, 0.2) is 11.5 Å². The number of nitrogens with one attached hydrogen (secondary N) is 1. The van der Waals surface area contributed by atoms with Gasteiger partial charge in [-0.2, -0.15) is 13.2 Å². The molecule has 2 aliphatic heterocycles. The van der Waals surface area contributed by atoms with E-state index in [-0.39, 0.29) is 6.42 Å². The maximum Gasteiger partial charge on any atom is 0.344 e. The van der Waals surface area contributed by atoms with Gasteiger partial charge in [0.1, 0.15) is 22.5 Å². The summed E-state index contributed by atoms with van der Waals surface area (Å²) in [5.74, 6) is -7.25. The maximum atomic E-state index is 14.6. The van der Waals surface area contributed by atoms with Crippen LogP contribution < -0.4 is 16.0 Å². The van der Waals surface area contributed by atoms with Crippen LogP contribution in [0, 0.1) is 31.1 Å². The first-order valence-electron chi connectivity index (χ1n) is 11.0. The molecule has 2 aliphatic rings. The number of rotatable bonds is 8. The van der Waals surface area contributed by atoms with Crippen LogP contribution in [0.5, 0.6) is 5.75 Å². The van der Waals surface area contributed by atoms with Gasteiger partial charge < -0.3 is 23.7 Å². The number of H-pyrrole nitrogens is 1. The zero-order valence-electron chi connectivity index (χ0n) is 19.2. The summed E-state index contributed by atoms with van der Waals surface area (Å²) >= 11 is 1.28. The number of aromatic amines is 1. The molecule has 0 spiro atoms. The molecule has 4 rings (SSSR count). The van der Waals surface area contributed by atoms with Gasteiger partial charge in [-0.1, -0.05) is 0 Å². The zero-order chi connectivity index (χ0) is 26.9. The van der Waals surface area contributed by atoms with Gasteiger partial charge in [0, 0.05) is 38.6 Å². The molecule has 0 bridgehead atoms. The highest BCUT2D eigenvalue weighted by Crippen LogP contribution is 2.39. The summed E-state index contributed by atoms with van der Waals surface area (Å²) in [5.41, 5.74) is -2.99. The van der Waals surface area contributed by atoms with E-state index >= 15 is 0 Å². The van der Waals surface area contributed by atoms with Crippen LogP contribution in [-0.2, 0) is 18.9 Å². The smallest absolute Gasteiger partial charge is 0.344 e. The highest BCUT2D eigenvalue weighted by Gasteiger charge is 2.45. The lowest BCUT2D eigenvalue weighted by atomic mass is 10.1. The summed E-state index contributed by atoms with van der Waals surface area (Å²) in [6.45, 7) is 0.214. The predicted octanol–water partition coefficient (Wildman–Crippen LogP) is 2.37. The van der Waals surface area contributed by atoms with Crippen molar-refractivity contribution in [3.05, 3.63) is 64.2 Å². The van der Waals surface area contributed by atoms with E-state index in [1.165, 1.54) is 35.9 Å². The number of hydrogen-bond acceptors (Lipinski definition) is 9. The molecule has 37 heavy (non-hydrogen) atoms. The van der Waals surface area contributed by atoms with Crippen LogP contribution in [0.4, 0.5) is 18.9 Å². The maximum absolute atomic E-state index is 14.6. The topological polar surface area (TPSA) is 144 Å². The molecule has 0 saturated carbocycles. The van der Waals surface area contributed by atoms with Crippen molar-refractivity contribution >= 4 is 28.3 Å². The minimum atomic E-state index is -2.00. The number of methoxy groups -OCH3 is 1. The normalized spacial score (nSPS) is 23.2. The third-order valence-corrected chi connectivity index (χ3v) is 7.07. The number of nitrogens with zero attached hydrogens (tertiary/aromatic N) is 2. The van der Waals surface area contributed by atoms with E-state index in [4.69, 9.17) is 23.7 Å².